The first-order valence-electron chi connectivity index (χ1n) is 7.46. The summed E-state index contributed by atoms with van der Waals surface area (Å²) < 4.78 is 0. The molecule has 0 fully saturated rings. The number of hydrogen-bond donors (Lipinski definition) is 1. The van der Waals surface area contributed by atoms with Crippen molar-refractivity contribution in [2.75, 3.05) is 5.32 Å². The fraction of sp³-hybridized carbons (Fsp3) is 0. The average Bonchev–Trinajstić information content (AvgIpc) is 3.10. The number of pyridine rings is 1. The Hall–Kier alpha value is -3.05. The average molecular weight is 331 g/mol. The summed E-state index contributed by atoms with van der Waals surface area (Å²) in [5.74, 6) is -0.156. The van der Waals surface area contributed by atoms with Gasteiger partial charge in [0.1, 0.15) is 0 Å². The lowest BCUT2D eigenvalue weighted by atomic mass is 10.1. The lowest BCUT2D eigenvalue weighted by molar-refractivity contribution is 0.102. The molecule has 116 valence electrons. The Morgan fingerprint density at radius 3 is 2.58 bits per heavy atom. The molecule has 4 aromatic rings. The molecule has 0 bridgehead atoms. The molecule has 0 aliphatic rings. The van der Waals surface area contributed by atoms with Gasteiger partial charge in [-0.1, -0.05) is 30.3 Å². The molecular weight excluding hydrogens is 318 g/mol. The Morgan fingerprint density at radius 2 is 1.75 bits per heavy atom. The van der Waals surface area contributed by atoms with Gasteiger partial charge in [-0.25, -0.2) is 4.98 Å². The first-order chi connectivity index (χ1) is 11.8. The topological polar surface area (TPSA) is 54.9 Å². The molecule has 1 N–H and O–H groups in total. The number of rotatable bonds is 3. The summed E-state index contributed by atoms with van der Waals surface area (Å²) in [5, 5.41) is 7.53. The minimum absolute atomic E-state index is 0.156. The van der Waals surface area contributed by atoms with Crippen LogP contribution in [0.4, 0.5) is 5.13 Å². The fourth-order valence-corrected chi connectivity index (χ4v) is 3.20. The number of thiazole rings is 1. The molecule has 5 heteroatoms. The second-order valence-electron chi connectivity index (χ2n) is 5.29. The summed E-state index contributed by atoms with van der Waals surface area (Å²) in [6.45, 7) is 0. The van der Waals surface area contributed by atoms with Crippen molar-refractivity contribution in [3.05, 3.63) is 77.9 Å². The number of hydrogen-bond acceptors (Lipinski definition) is 4. The lowest BCUT2D eigenvalue weighted by Crippen LogP contribution is -2.11. The van der Waals surface area contributed by atoms with Gasteiger partial charge in [0.2, 0.25) is 0 Å². The zero-order valence-electron chi connectivity index (χ0n) is 12.6. The number of carbonyl (C=O) groups is 1. The van der Waals surface area contributed by atoms with Crippen molar-refractivity contribution in [3.63, 3.8) is 0 Å². The van der Waals surface area contributed by atoms with E-state index >= 15 is 0 Å². The fourth-order valence-electron chi connectivity index (χ4n) is 2.49. The van der Waals surface area contributed by atoms with E-state index in [2.05, 4.69) is 15.3 Å². The van der Waals surface area contributed by atoms with Crippen LogP contribution >= 0.6 is 11.3 Å². The quantitative estimate of drug-likeness (QED) is 0.596. The Morgan fingerprint density at radius 1 is 0.958 bits per heavy atom. The monoisotopic (exact) mass is 331 g/mol. The highest BCUT2D eigenvalue weighted by Gasteiger charge is 2.10. The van der Waals surface area contributed by atoms with E-state index in [0.717, 1.165) is 22.0 Å². The third kappa shape index (κ3) is 2.89. The molecule has 0 radical (unpaired) electrons. The van der Waals surface area contributed by atoms with Crippen LogP contribution < -0.4 is 5.32 Å². The van der Waals surface area contributed by atoms with Gasteiger partial charge < -0.3 is 0 Å². The van der Waals surface area contributed by atoms with E-state index in [4.69, 9.17) is 0 Å². The van der Waals surface area contributed by atoms with E-state index in [9.17, 15) is 4.79 Å². The second kappa shape index (κ2) is 6.22. The van der Waals surface area contributed by atoms with Crippen LogP contribution in [0, 0.1) is 0 Å². The van der Waals surface area contributed by atoms with Crippen molar-refractivity contribution >= 4 is 33.1 Å². The predicted octanol–water partition coefficient (Wildman–Crippen LogP) is 4.61. The summed E-state index contributed by atoms with van der Waals surface area (Å²) in [6, 6.07) is 17.4. The number of amides is 1. The van der Waals surface area contributed by atoms with Crippen LogP contribution in [-0.2, 0) is 0 Å². The van der Waals surface area contributed by atoms with Crippen molar-refractivity contribution in [1.82, 2.24) is 9.97 Å². The smallest absolute Gasteiger partial charge is 0.257 e. The largest absolute Gasteiger partial charge is 0.298 e. The summed E-state index contributed by atoms with van der Waals surface area (Å²) in [6.07, 6.45) is 3.45. The molecule has 2 aromatic heterocycles. The van der Waals surface area contributed by atoms with Gasteiger partial charge in [-0.2, -0.15) is 0 Å². The molecule has 0 spiro atoms. The summed E-state index contributed by atoms with van der Waals surface area (Å²) in [7, 11) is 0. The lowest BCUT2D eigenvalue weighted by Gasteiger charge is -2.04. The molecule has 24 heavy (non-hydrogen) atoms. The maximum Gasteiger partial charge on any atom is 0.257 e. The van der Waals surface area contributed by atoms with Crippen molar-refractivity contribution in [2.24, 2.45) is 0 Å². The minimum Gasteiger partial charge on any atom is -0.298 e. The highest BCUT2D eigenvalue weighted by atomic mass is 32.1. The maximum absolute atomic E-state index is 12.4. The van der Waals surface area contributed by atoms with Crippen LogP contribution in [-0.4, -0.2) is 15.9 Å². The van der Waals surface area contributed by atoms with Gasteiger partial charge in [0.15, 0.2) is 5.13 Å². The number of nitrogens with one attached hydrogen (secondary N) is 1. The van der Waals surface area contributed by atoms with Crippen LogP contribution in [0.2, 0.25) is 0 Å². The molecule has 1 amide bonds. The molecule has 2 aromatic carbocycles. The Labute approximate surface area is 142 Å². The maximum atomic E-state index is 12.4. The predicted molar refractivity (Wildman–Crippen MR) is 97.2 cm³/mol. The van der Waals surface area contributed by atoms with E-state index in [1.165, 1.54) is 11.3 Å². The van der Waals surface area contributed by atoms with Crippen molar-refractivity contribution in [1.29, 1.82) is 0 Å². The molecule has 0 aliphatic heterocycles. The number of aromatic nitrogens is 2. The first-order valence-corrected chi connectivity index (χ1v) is 8.34. The van der Waals surface area contributed by atoms with Gasteiger partial charge >= 0.3 is 0 Å². The van der Waals surface area contributed by atoms with E-state index in [1.807, 2.05) is 60.0 Å². The molecular formula is C19H13N3OS. The van der Waals surface area contributed by atoms with Gasteiger partial charge in [0.05, 0.1) is 5.69 Å². The van der Waals surface area contributed by atoms with Crippen LogP contribution in [0.3, 0.4) is 0 Å². The Kier molecular flexibility index (Phi) is 3.76. The molecule has 4 nitrogen and oxygen atoms in total. The van der Waals surface area contributed by atoms with Gasteiger partial charge in [-0.15, -0.1) is 11.3 Å². The molecule has 0 aliphatic carbocycles. The first kappa shape index (κ1) is 14.5. The van der Waals surface area contributed by atoms with Gasteiger partial charge in [-0.05, 0) is 35.0 Å². The van der Waals surface area contributed by atoms with Crippen LogP contribution in [0.1, 0.15) is 10.4 Å². The molecule has 2 heterocycles. The number of carbonyl (C=O) groups excluding carboxylic acids is 1. The Bertz CT molecular complexity index is 1010. The third-order valence-corrected chi connectivity index (χ3v) is 4.47. The highest BCUT2D eigenvalue weighted by Crippen LogP contribution is 2.25. The van der Waals surface area contributed by atoms with Crippen molar-refractivity contribution in [2.45, 2.75) is 0 Å². The highest BCUT2D eigenvalue weighted by molar-refractivity contribution is 7.14. The van der Waals surface area contributed by atoms with E-state index < -0.39 is 0 Å². The van der Waals surface area contributed by atoms with Gasteiger partial charge in [-0.3, -0.25) is 15.1 Å². The summed E-state index contributed by atoms with van der Waals surface area (Å²) in [5.41, 5.74) is 2.43. The number of fused-ring (bicyclic) bond motifs is 1. The van der Waals surface area contributed by atoms with Crippen LogP contribution in [0.15, 0.2) is 72.4 Å². The Balaban J connectivity index is 1.56. The third-order valence-electron chi connectivity index (χ3n) is 3.71. The molecule has 0 unspecified atom stereocenters. The van der Waals surface area contributed by atoms with E-state index in [1.54, 1.807) is 12.4 Å². The number of benzene rings is 2. The zero-order chi connectivity index (χ0) is 16.4. The summed E-state index contributed by atoms with van der Waals surface area (Å²) >= 11 is 1.41. The van der Waals surface area contributed by atoms with Gasteiger partial charge in [0.25, 0.3) is 5.91 Å². The second-order valence-corrected chi connectivity index (χ2v) is 6.15. The summed E-state index contributed by atoms with van der Waals surface area (Å²) in [4.78, 5) is 20.9. The van der Waals surface area contributed by atoms with Crippen LogP contribution in [0.5, 0.6) is 0 Å². The normalized spacial score (nSPS) is 10.7. The molecule has 0 saturated carbocycles. The molecule has 0 saturated heterocycles. The van der Waals surface area contributed by atoms with Gasteiger partial charge in [0, 0.05) is 28.9 Å². The molecule has 4 rings (SSSR count). The SMILES string of the molecule is O=C(Nc1nc(-c2ccncc2)cs1)c1ccc2ccccc2c1. The number of nitrogens with zero attached hydrogens (tertiary/aromatic N) is 2. The zero-order valence-corrected chi connectivity index (χ0v) is 13.5. The van der Waals surface area contributed by atoms with Crippen molar-refractivity contribution < 1.29 is 4.79 Å². The molecule has 0 atom stereocenters. The van der Waals surface area contributed by atoms with Crippen molar-refractivity contribution in [3.8, 4) is 11.3 Å². The van der Waals surface area contributed by atoms with E-state index in [-0.39, 0.29) is 5.91 Å². The number of anilines is 1. The standard InChI is InChI=1S/C19H13N3OS/c23-18(16-6-5-13-3-1-2-4-15(13)11-16)22-19-21-17(12-24-19)14-7-9-20-10-8-14/h1-12H,(H,21,22,23). The van der Waals surface area contributed by atoms with Crippen LogP contribution in [0.25, 0.3) is 22.0 Å². The van der Waals surface area contributed by atoms with E-state index in [0.29, 0.717) is 10.7 Å². The minimum atomic E-state index is -0.156.